The molecule has 1 aromatic rings. The Hall–Kier alpha value is -1.79. The average Bonchev–Trinajstić information content (AvgIpc) is 2.43. The summed E-state index contributed by atoms with van der Waals surface area (Å²) in [7, 11) is 4.81. The number of nitrogens with two attached hydrogens (primary N) is 1. The monoisotopic (exact) mass is 253 g/mol. The topological polar surface area (TPSA) is 78.1 Å². The van der Waals surface area contributed by atoms with Crippen molar-refractivity contribution in [2.75, 3.05) is 34.5 Å². The molecule has 0 aromatic heterocycles. The summed E-state index contributed by atoms with van der Waals surface area (Å²) in [5.41, 5.74) is 3.36. The van der Waals surface area contributed by atoms with Gasteiger partial charge in [-0.2, -0.15) is 0 Å². The third kappa shape index (κ3) is 3.90. The Bertz CT molecular complexity index is 385. The molecule has 0 heterocycles. The van der Waals surface area contributed by atoms with E-state index in [0.717, 1.165) is 5.56 Å². The molecule has 0 aliphatic rings. The van der Waals surface area contributed by atoms with Gasteiger partial charge in [0, 0.05) is 18.7 Å². The van der Waals surface area contributed by atoms with Crippen LogP contribution in [-0.2, 0) is 4.74 Å². The van der Waals surface area contributed by atoms with E-state index in [2.05, 4.69) is 10.4 Å². The highest BCUT2D eigenvalue weighted by Crippen LogP contribution is 2.22. The molecule has 3 N–H and O–H groups in total. The molecule has 0 bridgehead atoms. The first-order valence-corrected chi connectivity index (χ1v) is 5.48. The molecule has 0 aliphatic carbocycles. The molecule has 0 radical (unpaired) electrons. The Balaban J connectivity index is 3.00. The highest BCUT2D eigenvalue weighted by atomic mass is 16.5. The van der Waals surface area contributed by atoms with Crippen LogP contribution in [0, 0.1) is 0 Å². The summed E-state index contributed by atoms with van der Waals surface area (Å²) in [5, 5.41) is 0. The van der Waals surface area contributed by atoms with Gasteiger partial charge < -0.3 is 19.6 Å². The van der Waals surface area contributed by atoms with Gasteiger partial charge in [-0.05, 0) is 12.1 Å². The second-order valence-electron chi connectivity index (χ2n) is 3.47. The van der Waals surface area contributed by atoms with E-state index in [-0.39, 0.29) is 0 Å². The molecule has 0 unspecified atom stereocenters. The minimum atomic E-state index is 0.523. The van der Waals surface area contributed by atoms with E-state index in [1.165, 1.54) is 0 Å². The molecule has 0 spiro atoms. The number of hydrogen-bond acceptors (Lipinski definition) is 5. The summed E-state index contributed by atoms with van der Waals surface area (Å²) in [6, 6.07) is 5.44. The second-order valence-corrected chi connectivity index (χ2v) is 3.47. The fourth-order valence-electron chi connectivity index (χ4n) is 1.41. The molecule has 0 amide bonds. The molecule has 100 valence electrons. The number of ether oxygens (including phenoxy) is 3. The highest BCUT2D eigenvalue weighted by molar-refractivity contribution is 5.99. The van der Waals surface area contributed by atoms with E-state index >= 15 is 0 Å². The van der Waals surface area contributed by atoms with Crippen LogP contribution in [0.4, 0.5) is 0 Å². The Morgan fingerprint density at radius 2 is 1.78 bits per heavy atom. The number of nitrogens with one attached hydrogen (secondary N) is 1. The van der Waals surface area contributed by atoms with Crippen molar-refractivity contribution >= 4 is 5.84 Å². The zero-order chi connectivity index (χ0) is 13.4. The predicted octanol–water partition coefficient (Wildman–Crippen LogP) is 0.560. The zero-order valence-electron chi connectivity index (χ0n) is 10.9. The summed E-state index contributed by atoms with van der Waals surface area (Å²) < 4.78 is 15.3. The van der Waals surface area contributed by atoms with Gasteiger partial charge in [0.25, 0.3) is 0 Å². The number of hydrazine groups is 1. The number of aliphatic imine (C=N–C) groups is 1. The third-order valence-corrected chi connectivity index (χ3v) is 2.33. The fraction of sp³-hybridized carbons (Fsp3) is 0.417. The van der Waals surface area contributed by atoms with Crippen molar-refractivity contribution in [2.45, 2.75) is 0 Å². The number of amidine groups is 1. The van der Waals surface area contributed by atoms with Crippen molar-refractivity contribution in [1.29, 1.82) is 0 Å². The lowest BCUT2D eigenvalue weighted by Gasteiger charge is -2.10. The van der Waals surface area contributed by atoms with Gasteiger partial charge in [-0.15, -0.1) is 0 Å². The van der Waals surface area contributed by atoms with Gasteiger partial charge in [-0.25, -0.2) is 5.84 Å². The Kier molecular flexibility index (Phi) is 5.96. The number of benzene rings is 1. The van der Waals surface area contributed by atoms with Gasteiger partial charge in [0.05, 0.1) is 27.4 Å². The van der Waals surface area contributed by atoms with Crippen molar-refractivity contribution in [2.24, 2.45) is 10.8 Å². The van der Waals surface area contributed by atoms with Crippen LogP contribution in [0.25, 0.3) is 0 Å². The summed E-state index contributed by atoms with van der Waals surface area (Å²) in [4.78, 5) is 4.30. The summed E-state index contributed by atoms with van der Waals surface area (Å²) in [6.07, 6.45) is 0. The normalized spacial score (nSPS) is 11.2. The largest absolute Gasteiger partial charge is 0.497 e. The summed E-state index contributed by atoms with van der Waals surface area (Å²) in [6.45, 7) is 1.06. The lowest BCUT2D eigenvalue weighted by molar-refractivity contribution is 0.208. The van der Waals surface area contributed by atoms with Crippen LogP contribution in [0.1, 0.15) is 5.56 Å². The van der Waals surface area contributed by atoms with Crippen molar-refractivity contribution in [3.05, 3.63) is 23.8 Å². The van der Waals surface area contributed by atoms with Crippen LogP contribution in [-0.4, -0.2) is 40.3 Å². The van der Waals surface area contributed by atoms with Gasteiger partial charge in [0.1, 0.15) is 17.3 Å². The van der Waals surface area contributed by atoms with Gasteiger partial charge >= 0.3 is 0 Å². The first kappa shape index (κ1) is 14.3. The smallest absolute Gasteiger partial charge is 0.142 e. The average molecular weight is 253 g/mol. The van der Waals surface area contributed by atoms with Crippen molar-refractivity contribution in [1.82, 2.24) is 5.43 Å². The molecule has 1 aromatic carbocycles. The second kappa shape index (κ2) is 7.52. The molecule has 6 heteroatoms. The Morgan fingerprint density at radius 3 is 2.22 bits per heavy atom. The molecular formula is C12H19N3O3. The quantitative estimate of drug-likeness (QED) is 0.255. The third-order valence-electron chi connectivity index (χ3n) is 2.33. The maximum atomic E-state index is 5.47. The molecule has 0 saturated heterocycles. The maximum Gasteiger partial charge on any atom is 0.142 e. The fourth-order valence-corrected chi connectivity index (χ4v) is 1.41. The van der Waals surface area contributed by atoms with Gasteiger partial charge in [-0.3, -0.25) is 4.99 Å². The Morgan fingerprint density at radius 1 is 1.17 bits per heavy atom. The molecule has 0 saturated carbocycles. The molecule has 18 heavy (non-hydrogen) atoms. The first-order valence-electron chi connectivity index (χ1n) is 5.48. The van der Waals surface area contributed by atoms with Crippen LogP contribution in [0.15, 0.2) is 23.2 Å². The van der Waals surface area contributed by atoms with Crippen molar-refractivity contribution in [3.8, 4) is 11.5 Å². The molecule has 1 rings (SSSR count). The number of methoxy groups -OCH3 is 3. The minimum absolute atomic E-state index is 0.523. The van der Waals surface area contributed by atoms with Gasteiger partial charge in [0.15, 0.2) is 0 Å². The highest BCUT2D eigenvalue weighted by Gasteiger charge is 2.06. The molecule has 0 fully saturated rings. The SMILES string of the molecule is COCCN=C(NN)c1cc(OC)cc(OC)c1. The molecule has 0 atom stereocenters. The van der Waals surface area contributed by atoms with E-state index in [4.69, 9.17) is 20.1 Å². The van der Waals surface area contributed by atoms with Gasteiger partial charge in [-0.1, -0.05) is 0 Å². The molecule has 0 aliphatic heterocycles. The number of nitrogens with zero attached hydrogens (tertiary/aromatic N) is 1. The van der Waals surface area contributed by atoms with Crippen LogP contribution in [0.2, 0.25) is 0 Å². The molecular weight excluding hydrogens is 234 g/mol. The van der Waals surface area contributed by atoms with Crippen molar-refractivity contribution < 1.29 is 14.2 Å². The predicted molar refractivity (Wildman–Crippen MR) is 70.1 cm³/mol. The van der Waals surface area contributed by atoms with Crippen molar-refractivity contribution in [3.63, 3.8) is 0 Å². The van der Waals surface area contributed by atoms with E-state index in [0.29, 0.717) is 30.5 Å². The lowest BCUT2D eigenvalue weighted by atomic mass is 10.2. The maximum absolute atomic E-state index is 5.47. The van der Waals surface area contributed by atoms with Crippen LogP contribution < -0.4 is 20.7 Å². The van der Waals surface area contributed by atoms with E-state index in [1.807, 2.05) is 12.1 Å². The van der Waals surface area contributed by atoms with E-state index < -0.39 is 0 Å². The van der Waals surface area contributed by atoms with Gasteiger partial charge in [0.2, 0.25) is 0 Å². The molecule has 6 nitrogen and oxygen atoms in total. The lowest BCUT2D eigenvalue weighted by Crippen LogP contribution is -2.31. The zero-order valence-corrected chi connectivity index (χ0v) is 10.9. The first-order chi connectivity index (χ1) is 8.74. The summed E-state index contributed by atoms with van der Waals surface area (Å²) >= 11 is 0. The number of hydrogen-bond donors (Lipinski definition) is 2. The van der Waals surface area contributed by atoms with Crippen LogP contribution >= 0.6 is 0 Å². The van der Waals surface area contributed by atoms with E-state index in [9.17, 15) is 0 Å². The van der Waals surface area contributed by atoms with Crippen LogP contribution in [0.3, 0.4) is 0 Å². The van der Waals surface area contributed by atoms with Crippen LogP contribution in [0.5, 0.6) is 11.5 Å². The Labute approximate surface area is 107 Å². The number of rotatable bonds is 6. The minimum Gasteiger partial charge on any atom is -0.497 e. The standard InChI is InChI=1S/C12H19N3O3/c1-16-5-4-14-12(15-13)9-6-10(17-2)8-11(7-9)18-3/h6-8H,4-5,13H2,1-3H3,(H,14,15). The van der Waals surface area contributed by atoms with E-state index in [1.54, 1.807) is 27.4 Å². The summed E-state index contributed by atoms with van der Waals surface area (Å²) in [5.74, 6) is 7.39.